The highest BCUT2D eigenvalue weighted by Crippen LogP contribution is 2.12. The van der Waals surface area contributed by atoms with E-state index in [4.69, 9.17) is 0 Å². The highest BCUT2D eigenvalue weighted by atomic mass is 16.2. The average Bonchev–Trinajstić information content (AvgIpc) is 2.38. The molecule has 1 amide bonds. The summed E-state index contributed by atoms with van der Waals surface area (Å²) in [7, 11) is 0. The van der Waals surface area contributed by atoms with Crippen LogP contribution in [0.1, 0.15) is 61.1 Å². The maximum atomic E-state index is 12.3. The third-order valence-corrected chi connectivity index (χ3v) is 3.55. The number of unbranched alkanes of at least 4 members (excludes halogenated alkanes) is 2. The minimum absolute atomic E-state index is 0.0152. The van der Waals surface area contributed by atoms with Gasteiger partial charge < -0.3 is 9.88 Å². The molecule has 0 unspecified atom stereocenters. The van der Waals surface area contributed by atoms with Gasteiger partial charge in [-0.1, -0.05) is 26.7 Å². The number of hydrogen-bond acceptors (Lipinski definition) is 2. The van der Waals surface area contributed by atoms with Crippen molar-refractivity contribution in [2.24, 2.45) is 0 Å². The Bertz CT molecular complexity index is 518. The Kier molecular flexibility index (Phi) is 6.49. The Morgan fingerprint density at radius 3 is 2.45 bits per heavy atom. The molecule has 0 aliphatic heterocycles. The number of nitrogens with one attached hydrogen (secondary N) is 1. The smallest absolute Gasteiger partial charge is 0.253 e. The van der Waals surface area contributed by atoms with Crippen molar-refractivity contribution in [1.82, 2.24) is 9.88 Å². The van der Waals surface area contributed by atoms with Crippen molar-refractivity contribution in [1.29, 1.82) is 0 Å². The van der Waals surface area contributed by atoms with E-state index in [2.05, 4.69) is 19.2 Å². The van der Waals surface area contributed by atoms with E-state index in [0.717, 1.165) is 36.9 Å². The van der Waals surface area contributed by atoms with E-state index in [1.54, 1.807) is 10.6 Å². The molecule has 0 atom stereocenters. The quantitative estimate of drug-likeness (QED) is 0.780. The first-order valence-electron chi connectivity index (χ1n) is 7.52. The van der Waals surface area contributed by atoms with Crippen molar-refractivity contribution in [3.05, 3.63) is 33.2 Å². The van der Waals surface area contributed by atoms with E-state index in [1.165, 1.54) is 0 Å². The van der Waals surface area contributed by atoms with Gasteiger partial charge in [-0.25, -0.2) is 0 Å². The van der Waals surface area contributed by atoms with Gasteiger partial charge in [0.1, 0.15) is 0 Å². The zero-order chi connectivity index (χ0) is 15.1. The topological polar surface area (TPSA) is 51.1 Å². The van der Waals surface area contributed by atoms with E-state index in [-0.39, 0.29) is 11.5 Å². The minimum Gasteiger partial charge on any atom is -0.352 e. The Hall–Kier alpha value is -1.58. The zero-order valence-electron chi connectivity index (χ0n) is 13.1. The number of aromatic nitrogens is 1. The number of aryl methyl sites for hydroxylation is 1. The van der Waals surface area contributed by atoms with Gasteiger partial charge in [0.25, 0.3) is 11.5 Å². The SMILES string of the molecule is CCCCNC(=O)c1c(C)cc(=O)n(CCCC)c1C. The molecule has 0 aliphatic carbocycles. The minimum atomic E-state index is -0.0706. The van der Waals surface area contributed by atoms with Gasteiger partial charge in [-0.05, 0) is 32.3 Å². The fourth-order valence-corrected chi connectivity index (χ4v) is 2.33. The van der Waals surface area contributed by atoms with Crippen LogP contribution in [0.2, 0.25) is 0 Å². The van der Waals surface area contributed by atoms with E-state index in [0.29, 0.717) is 18.7 Å². The van der Waals surface area contributed by atoms with Crippen LogP contribution in [0, 0.1) is 13.8 Å². The highest BCUT2D eigenvalue weighted by molar-refractivity contribution is 5.96. The summed E-state index contributed by atoms with van der Waals surface area (Å²) in [5, 5.41) is 2.93. The van der Waals surface area contributed by atoms with Crippen LogP contribution in [-0.4, -0.2) is 17.0 Å². The van der Waals surface area contributed by atoms with E-state index in [9.17, 15) is 9.59 Å². The monoisotopic (exact) mass is 278 g/mol. The highest BCUT2D eigenvalue weighted by Gasteiger charge is 2.16. The third kappa shape index (κ3) is 3.95. The molecular weight excluding hydrogens is 252 g/mol. The molecule has 112 valence electrons. The Balaban J connectivity index is 3.06. The zero-order valence-corrected chi connectivity index (χ0v) is 13.1. The largest absolute Gasteiger partial charge is 0.352 e. The van der Waals surface area contributed by atoms with Crippen LogP contribution >= 0.6 is 0 Å². The molecule has 0 saturated carbocycles. The Morgan fingerprint density at radius 1 is 1.20 bits per heavy atom. The lowest BCUT2D eigenvalue weighted by Gasteiger charge is -2.16. The summed E-state index contributed by atoms with van der Waals surface area (Å²) in [6.45, 7) is 9.23. The summed E-state index contributed by atoms with van der Waals surface area (Å²) in [5.74, 6) is -0.0706. The van der Waals surface area contributed by atoms with Crippen molar-refractivity contribution in [3.63, 3.8) is 0 Å². The molecule has 1 heterocycles. The van der Waals surface area contributed by atoms with Gasteiger partial charge in [0.15, 0.2) is 0 Å². The normalized spacial score (nSPS) is 10.6. The second kappa shape index (κ2) is 7.88. The van der Waals surface area contributed by atoms with Crippen molar-refractivity contribution in [2.45, 2.75) is 59.9 Å². The molecule has 4 nitrogen and oxygen atoms in total. The standard InChI is InChI=1S/C16H26N2O2/c1-5-7-9-17-16(20)15-12(3)11-14(19)18(13(15)4)10-8-6-2/h11H,5-10H2,1-4H3,(H,17,20). The maximum absolute atomic E-state index is 12.3. The van der Waals surface area contributed by atoms with Gasteiger partial charge in [0.2, 0.25) is 0 Å². The van der Waals surface area contributed by atoms with Gasteiger partial charge in [-0.3, -0.25) is 9.59 Å². The van der Waals surface area contributed by atoms with Crippen LogP contribution in [0.3, 0.4) is 0 Å². The molecule has 1 rings (SSSR count). The van der Waals surface area contributed by atoms with Crippen LogP contribution in [-0.2, 0) is 6.54 Å². The number of hydrogen-bond donors (Lipinski definition) is 1. The van der Waals surface area contributed by atoms with Crippen molar-refractivity contribution < 1.29 is 4.79 Å². The second-order valence-corrected chi connectivity index (χ2v) is 5.24. The molecule has 1 aromatic heterocycles. The first-order valence-corrected chi connectivity index (χ1v) is 7.52. The first-order chi connectivity index (χ1) is 9.52. The lowest BCUT2D eigenvalue weighted by Crippen LogP contribution is -2.31. The lowest BCUT2D eigenvalue weighted by atomic mass is 10.1. The molecule has 0 aliphatic rings. The predicted octanol–water partition coefficient (Wildman–Crippen LogP) is 2.80. The summed E-state index contributed by atoms with van der Waals surface area (Å²) in [5.41, 5.74) is 2.17. The van der Waals surface area contributed by atoms with Gasteiger partial charge in [-0.15, -0.1) is 0 Å². The fourth-order valence-electron chi connectivity index (χ4n) is 2.33. The average molecular weight is 278 g/mol. The summed E-state index contributed by atoms with van der Waals surface area (Å²) >= 11 is 0. The van der Waals surface area contributed by atoms with Gasteiger partial charge in [0, 0.05) is 24.8 Å². The van der Waals surface area contributed by atoms with Crippen LogP contribution in [0.4, 0.5) is 0 Å². The molecule has 0 spiro atoms. The number of nitrogens with zero attached hydrogens (tertiary/aromatic N) is 1. The van der Waals surface area contributed by atoms with Crippen LogP contribution in [0.5, 0.6) is 0 Å². The molecule has 1 aromatic rings. The Morgan fingerprint density at radius 2 is 1.85 bits per heavy atom. The number of rotatable bonds is 7. The van der Waals surface area contributed by atoms with Crippen LogP contribution in [0.25, 0.3) is 0 Å². The first kappa shape index (κ1) is 16.5. The maximum Gasteiger partial charge on any atom is 0.253 e. The van der Waals surface area contributed by atoms with E-state index in [1.807, 2.05) is 13.8 Å². The molecule has 0 bridgehead atoms. The van der Waals surface area contributed by atoms with Crippen LogP contribution < -0.4 is 10.9 Å². The van der Waals surface area contributed by atoms with Crippen LogP contribution in [0.15, 0.2) is 10.9 Å². The molecule has 0 radical (unpaired) electrons. The summed E-state index contributed by atoms with van der Waals surface area (Å²) in [4.78, 5) is 24.3. The number of carbonyl (C=O) groups excluding carboxylic acids is 1. The van der Waals surface area contributed by atoms with E-state index >= 15 is 0 Å². The molecule has 20 heavy (non-hydrogen) atoms. The molecule has 0 saturated heterocycles. The van der Waals surface area contributed by atoms with Crippen molar-refractivity contribution >= 4 is 5.91 Å². The van der Waals surface area contributed by atoms with Gasteiger partial charge >= 0.3 is 0 Å². The third-order valence-electron chi connectivity index (χ3n) is 3.55. The Labute approximate surface area is 121 Å². The van der Waals surface area contributed by atoms with E-state index < -0.39 is 0 Å². The lowest BCUT2D eigenvalue weighted by molar-refractivity contribution is 0.0951. The summed E-state index contributed by atoms with van der Waals surface area (Å²) in [6.07, 6.45) is 3.99. The molecule has 4 heteroatoms. The molecule has 1 N–H and O–H groups in total. The van der Waals surface area contributed by atoms with Gasteiger partial charge in [0.05, 0.1) is 5.56 Å². The summed E-state index contributed by atoms with van der Waals surface area (Å²) < 4.78 is 1.71. The molecule has 0 aromatic carbocycles. The molecule has 0 fully saturated rings. The summed E-state index contributed by atoms with van der Waals surface area (Å²) in [6, 6.07) is 1.57. The fraction of sp³-hybridized carbons (Fsp3) is 0.625. The number of amides is 1. The molecular formula is C16H26N2O2. The second-order valence-electron chi connectivity index (χ2n) is 5.24. The van der Waals surface area contributed by atoms with Crippen molar-refractivity contribution in [3.8, 4) is 0 Å². The van der Waals surface area contributed by atoms with Gasteiger partial charge in [-0.2, -0.15) is 0 Å². The number of pyridine rings is 1. The number of carbonyl (C=O) groups is 1. The predicted molar refractivity (Wildman–Crippen MR) is 82.3 cm³/mol. The van der Waals surface area contributed by atoms with Crippen molar-refractivity contribution in [2.75, 3.05) is 6.54 Å².